The number of Topliss-reactive ketones (excluding diaryl/α,β-unsaturated/α-hetero) is 1. The molecular formula is C21H27NO8. The van der Waals surface area contributed by atoms with Crippen molar-refractivity contribution in [3.05, 3.63) is 39.9 Å². The molecule has 2 rings (SSSR count). The van der Waals surface area contributed by atoms with Crippen LogP contribution in [0.4, 0.5) is 5.69 Å². The third-order valence-electron chi connectivity index (χ3n) is 4.97. The van der Waals surface area contributed by atoms with Gasteiger partial charge in [0.25, 0.3) is 5.69 Å². The molecule has 0 saturated heterocycles. The number of benzene rings is 1. The SMILES string of the molecule is CC(C)OC(=O)[C@H]1C(=O)C[C@](C)(O)[C@@H](C(=O)OC(C)C)[C@H]1c1ccc([N+](=O)[O-])cc1. The Balaban J connectivity index is 2.62. The molecule has 0 amide bonds. The maximum Gasteiger partial charge on any atom is 0.317 e. The molecule has 30 heavy (non-hydrogen) atoms. The molecule has 9 heteroatoms. The van der Waals surface area contributed by atoms with E-state index < -0.39 is 64.6 Å². The molecule has 1 aliphatic carbocycles. The molecule has 1 aromatic carbocycles. The van der Waals surface area contributed by atoms with Crippen molar-refractivity contribution in [2.75, 3.05) is 0 Å². The summed E-state index contributed by atoms with van der Waals surface area (Å²) in [6, 6.07) is 5.20. The van der Waals surface area contributed by atoms with Crippen molar-refractivity contribution in [1.29, 1.82) is 0 Å². The zero-order chi connectivity index (χ0) is 22.8. The lowest BCUT2D eigenvalue weighted by atomic mass is 9.61. The van der Waals surface area contributed by atoms with Gasteiger partial charge in [0, 0.05) is 24.5 Å². The van der Waals surface area contributed by atoms with Crippen LogP contribution >= 0.6 is 0 Å². The van der Waals surface area contributed by atoms with Gasteiger partial charge in [0.15, 0.2) is 5.78 Å². The number of carbonyl (C=O) groups is 3. The summed E-state index contributed by atoms with van der Waals surface area (Å²) >= 11 is 0. The van der Waals surface area contributed by atoms with Crippen LogP contribution in [0, 0.1) is 22.0 Å². The van der Waals surface area contributed by atoms with Gasteiger partial charge in [-0.05, 0) is 40.2 Å². The molecule has 0 spiro atoms. The lowest BCUT2D eigenvalue weighted by Gasteiger charge is -2.44. The second kappa shape index (κ2) is 8.91. The van der Waals surface area contributed by atoms with Crippen molar-refractivity contribution in [1.82, 2.24) is 0 Å². The molecule has 4 atom stereocenters. The lowest BCUT2D eigenvalue weighted by Crippen LogP contribution is -2.55. The maximum absolute atomic E-state index is 12.9. The second-order valence-corrected chi connectivity index (χ2v) is 8.30. The maximum atomic E-state index is 12.9. The summed E-state index contributed by atoms with van der Waals surface area (Å²) in [5.41, 5.74) is -1.63. The van der Waals surface area contributed by atoms with Gasteiger partial charge in [0.05, 0.1) is 28.7 Å². The standard InChI is InChI=1S/C21H27NO8/c1-11(2)29-19(24)17-15(23)10-21(5,26)18(20(25)30-12(3)4)16(17)13-6-8-14(9-7-13)22(27)28/h6-9,11-12,16-18,26H,10H2,1-5H3/t16-,17-,18+,21-/m0/s1. The van der Waals surface area contributed by atoms with Crippen LogP contribution in [0.5, 0.6) is 0 Å². The molecule has 1 aliphatic rings. The molecule has 9 nitrogen and oxygen atoms in total. The highest BCUT2D eigenvalue weighted by Crippen LogP contribution is 2.47. The van der Waals surface area contributed by atoms with Crippen LogP contribution in [0.2, 0.25) is 0 Å². The van der Waals surface area contributed by atoms with Gasteiger partial charge in [-0.3, -0.25) is 24.5 Å². The van der Waals surface area contributed by atoms with Crippen LogP contribution in [0.25, 0.3) is 0 Å². The summed E-state index contributed by atoms with van der Waals surface area (Å²) in [7, 11) is 0. The first kappa shape index (κ1) is 23.5. The summed E-state index contributed by atoms with van der Waals surface area (Å²) in [4.78, 5) is 49.0. The van der Waals surface area contributed by atoms with Gasteiger partial charge in [-0.25, -0.2) is 0 Å². The number of rotatable bonds is 6. The number of ether oxygens (including phenoxy) is 2. The van der Waals surface area contributed by atoms with Gasteiger partial charge in [-0.15, -0.1) is 0 Å². The minimum Gasteiger partial charge on any atom is -0.463 e. The number of esters is 2. The van der Waals surface area contributed by atoms with Crippen LogP contribution in [-0.2, 0) is 23.9 Å². The third-order valence-corrected chi connectivity index (χ3v) is 4.97. The number of hydrogen-bond acceptors (Lipinski definition) is 8. The zero-order valence-corrected chi connectivity index (χ0v) is 17.7. The highest BCUT2D eigenvalue weighted by molar-refractivity contribution is 6.02. The van der Waals surface area contributed by atoms with Crippen molar-refractivity contribution in [2.45, 2.75) is 64.8 Å². The highest BCUT2D eigenvalue weighted by atomic mass is 16.6. The number of nitro benzene ring substituents is 1. The summed E-state index contributed by atoms with van der Waals surface area (Å²) in [5.74, 6) is -5.82. The van der Waals surface area contributed by atoms with Crippen molar-refractivity contribution in [2.24, 2.45) is 11.8 Å². The van der Waals surface area contributed by atoms with E-state index in [4.69, 9.17) is 9.47 Å². The van der Waals surface area contributed by atoms with Gasteiger partial charge in [-0.2, -0.15) is 0 Å². The molecule has 1 saturated carbocycles. The van der Waals surface area contributed by atoms with E-state index in [2.05, 4.69) is 0 Å². The van der Waals surface area contributed by atoms with E-state index in [9.17, 15) is 29.6 Å². The van der Waals surface area contributed by atoms with Gasteiger partial charge >= 0.3 is 11.9 Å². The number of nitrogens with zero attached hydrogens (tertiary/aromatic N) is 1. The van der Waals surface area contributed by atoms with Crippen LogP contribution in [-0.4, -0.2) is 45.6 Å². The van der Waals surface area contributed by atoms with E-state index in [0.29, 0.717) is 5.56 Å². The first-order chi connectivity index (χ1) is 13.8. The average molecular weight is 421 g/mol. The summed E-state index contributed by atoms with van der Waals surface area (Å²) in [6.07, 6.45) is -1.40. The molecule has 164 valence electrons. The summed E-state index contributed by atoms with van der Waals surface area (Å²) in [5, 5.41) is 22.0. The second-order valence-electron chi connectivity index (χ2n) is 8.30. The minimum atomic E-state index is -1.77. The Bertz CT molecular complexity index is 820. The van der Waals surface area contributed by atoms with Crippen LogP contribution in [0.3, 0.4) is 0 Å². The van der Waals surface area contributed by atoms with E-state index in [1.807, 2.05) is 0 Å². The smallest absolute Gasteiger partial charge is 0.317 e. The first-order valence-electron chi connectivity index (χ1n) is 9.75. The number of non-ortho nitro benzene ring substituents is 1. The number of ketones is 1. The Morgan fingerprint density at radius 3 is 2.07 bits per heavy atom. The topological polar surface area (TPSA) is 133 Å². The summed E-state index contributed by atoms with van der Waals surface area (Å²) < 4.78 is 10.6. The highest BCUT2D eigenvalue weighted by Gasteiger charge is 2.57. The van der Waals surface area contributed by atoms with Crippen molar-refractivity contribution >= 4 is 23.4 Å². The Labute approximate surface area is 174 Å². The van der Waals surface area contributed by atoms with Gasteiger partial charge in [-0.1, -0.05) is 12.1 Å². The molecular weight excluding hydrogens is 394 g/mol. The molecule has 0 radical (unpaired) electrons. The van der Waals surface area contributed by atoms with E-state index in [0.717, 1.165) is 0 Å². The van der Waals surface area contributed by atoms with E-state index >= 15 is 0 Å². The van der Waals surface area contributed by atoms with Crippen LogP contribution in [0.15, 0.2) is 24.3 Å². The Morgan fingerprint density at radius 1 is 1.10 bits per heavy atom. The Morgan fingerprint density at radius 2 is 1.60 bits per heavy atom. The molecule has 0 unspecified atom stereocenters. The van der Waals surface area contributed by atoms with Gasteiger partial charge in [0.1, 0.15) is 5.92 Å². The van der Waals surface area contributed by atoms with Gasteiger partial charge < -0.3 is 14.6 Å². The number of carbonyl (C=O) groups excluding carboxylic acids is 3. The van der Waals surface area contributed by atoms with Crippen LogP contribution < -0.4 is 0 Å². The average Bonchev–Trinajstić information content (AvgIpc) is 2.58. The zero-order valence-electron chi connectivity index (χ0n) is 17.7. The largest absolute Gasteiger partial charge is 0.463 e. The Kier molecular flexibility index (Phi) is 6.97. The molecule has 1 fully saturated rings. The van der Waals surface area contributed by atoms with Crippen molar-refractivity contribution in [3.63, 3.8) is 0 Å². The van der Waals surface area contributed by atoms with Gasteiger partial charge in [0.2, 0.25) is 0 Å². The summed E-state index contributed by atoms with van der Waals surface area (Å²) in [6.45, 7) is 7.90. The van der Waals surface area contributed by atoms with Crippen molar-refractivity contribution in [3.8, 4) is 0 Å². The fourth-order valence-corrected chi connectivity index (χ4v) is 3.85. The minimum absolute atomic E-state index is 0.185. The monoisotopic (exact) mass is 421 g/mol. The fraction of sp³-hybridized carbons (Fsp3) is 0.571. The van der Waals surface area contributed by atoms with Crippen LogP contribution in [0.1, 0.15) is 52.5 Å². The molecule has 0 bridgehead atoms. The molecule has 0 heterocycles. The number of nitro groups is 1. The molecule has 1 N–H and O–H groups in total. The predicted octanol–water partition coefficient (Wildman–Crippen LogP) is 2.54. The van der Waals surface area contributed by atoms with E-state index in [1.54, 1.807) is 27.7 Å². The lowest BCUT2D eigenvalue weighted by molar-refractivity contribution is -0.384. The Hall–Kier alpha value is -2.81. The first-order valence-corrected chi connectivity index (χ1v) is 9.75. The number of hydrogen-bond donors (Lipinski definition) is 1. The van der Waals surface area contributed by atoms with E-state index in [1.165, 1.54) is 31.2 Å². The number of aliphatic hydroxyl groups is 1. The molecule has 1 aromatic rings. The predicted molar refractivity (Wildman–Crippen MR) is 106 cm³/mol. The fourth-order valence-electron chi connectivity index (χ4n) is 3.85. The normalized spacial score (nSPS) is 26.5. The third kappa shape index (κ3) is 5.02. The molecule has 0 aromatic heterocycles. The quantitative estimate of drug-likeness (QED) is 0.321. The van der Waals surface area contributed by atoms with Crippen molar-refractivity contribution < 1.29 is 33.9 Å². The molecule has 0 aliphatic heterocycles. The van der Waals surface area contributed by atoms with E-state index in [-0.39, 0.29) is 5.69 Å².